The van der Waals surface area contributed by atoms with Crippen molar-refractivity contribution in [3.8, 4) is 0 Å². The molecule has 0 aromatic heterocycles. The van der Waals surface area contributed by atoms with Gasteiger partial charge in [-0.05, 0) is 37.2 Å². The lowest BCUT2D eigenvalue weighted by atomic mass is 10.2. The first-order valence-electron chi connectivity index (χ1n) is 7.07. The molecule has 19 heavy (non-hydrogen) atoms. The first-order chi connectivity index (χ1) is 9.36. The fourth-order valence-corrected chi connectivity index (χ4v) is 3.30. The summed E-state index contributed by atoms with van der Waals surface area (Å²) in [5.74, 6) is 1.05. The Balaban J connectivity index is 1.63. The van der Waals surface area contributed by atoms with Crippen LogP contribution in [0.4, 0.5) is 0 Å². The Morgan fingerprint density at radius 1 is 1.11 bits per heavy atom. The van der Waals surface area contributed by atoms with E-state index >= 15 is 0 Å². The average Bonchev–Trinajstić information content (AvgIpc) is 2.73. The van der Waals surface area contributed by atoms with Gasteiger partial charge in [0.05, 0.1) is 0 Å². The van der Waals surface area contributed by atoms with Crippen molar-refractivity contribution in [3.05, 3.63) is 30.3 Å². The summed E-state index contributed by atoms with van der Waals surface area (Å²) in [6, 6.07) is 10.5. The molecule has 104 valence electrons. The van der Waals surface area contributed by atoms with Crippen LogP contribution in [0.2, 0.25) is 0 Å². The Morgan fingerprint density at radius 2 is 1.79 bits per heavy atom. The van der Waals surface area contributed by atoms with Crippen LogP contribution in [0.15, 0.2) is 35.2 Å². The minimum absolute atomic E-state index is 0.939. The highest BCUT2D eigenvalue weighted by Crippen LogP contribution is 2.16. The highest BCUT2D eigenvalue weighted by Gasteiger charge is 2.11. The van der Waals surface area contributed by atoms with Crippen molar-refractivity contribution in [2.24, 2.45) is 0 Å². The molecule has 0 aliphatic carbocycles. The number of thiocarbonyl (C=S) groups is 1. The molecule has 0 bridgehead atoms. The van der Waals surface area contributed by atoms with E-state index in [1.54, 1.807) is 0 Å². The molecule has 0 amide bonds. The Bertz CT molecular complexity index is 373. The second-order valence-corrected chi connectivity index (χ2v) is 6.35. The minimum atomic E-state index is 0.939. The molecule has 1 aliphatic heterocycles. The largest absolute Gasteiger partial charge is 0.362 e. The number of rotatable bonds is 4. The van der Waals surface area contributed by atoms with Crippen molar-refractivity contribution in [1.82, 2.24) is 10.2 Å². The van der Waals surface area contributed by atoms with Crippen molar-refractivity contribution in [2.75, 3.05) is 25.4 Å². The van der Waals surface area contributed by atoms with Gasteiger partial charge in [-0.1, -0.05) is 31.0 Å². The van der Waals surface area contributed by atoms with Gasteiger partial charge in [0, 0.05) is 30.3 Å². The van der Waals surface area contributed by atoms with E-state index in [0.29, 0.717) is 0 Å². The van der Waals surface area contributed by atoms with Crippen LogP contribution in [-0.2, 0) is 0 Å². The predicted molar refractivity (Wildman–Crippen MR) is 87.8 cm³/mol. The van der Waals surface area contributed by atoms with Crippen molar-refractivity contribution in [1.29, 1.82) is 0 Å². The molecule has 0 atom stereocenters. The van der Waals surface area contributed by atoms with E-state index in [1.807, 2.05) is 11.8 Å². The molecule has 1 aromatic carbocycles. The smallest absolute Gasteiger partial charge is 0.168 e. The van der Waals surface area contributed by atoms with Crippen LogP contribution in [0, 0.1) is 0 Å². The van der Waals surface area contributed by atoms with E-state index in [-0.39, 0.29) is 0 Å². The van der Waals surface area contributed by atoms with Gasteiger partial charge in [-0.2, -0.15) is 0 Å². The number of thioether (sulfide) groups is 1. The van der Waals surface area contributed by atoms with E-state index in [1.165, 1.54) is 30.6 Å². The van der Waals surface area contributed by atoms with Crippen LogP contribution >= 0.6 is 24.0 Å². The first kappa shape index (κ1) is 14.7. The molecule has 1 heterocycles. The minimum Gasteiger partial charge on any atom is -0.362 e. The molecule has 2 rings (SSSR count). The average molecular weight is 294 g/mol. The maximum absolute atomic E-state index is 5.47. The molecule has 1 aliphatic rings. The predicted octanol–water partition coefficient (Wildman–Crippen LogP) is 3.53. The van der Waals surface area contributed by atoms with Crippen LogP contribution < -0.4 is 5.32 Å². The van der Waals surface area contributed by atoms with E-state index in [0.717, 1.165) is 30.5 Å². The molecule has 1 saturated heterocycles. The van der Waals surface area contributed by atoms with Gasteiger partial charge in [0.15, 0.2) is 5.11 Å². The van der Waals surface area contributed by atoms with Gasteiger partial charge in [0.2, 0.25) is 0 Å². The number of nitrogens with one attached hydrogen (secondary N) is 1. The van der Waals surface area contributed by atoms with Crippen LogP contribution in [-0.4, -0.2) is 35.4 Å². The highest BCUT2D eigenvalue weighted by atomic mass is 32.2. The summed E-state index contributed by atoms with van der Waals surface area (Å²) in [7, 11) is 0. The molecular weight excluding hydrogens is 272 g/mol. The zero-order valence-corrected chi connectivity index (χ0v) is 12.9. The first-order valence-corrected chi connectivity index (χ1v) is 8.46. The fourth-order valence-electron chi connectivity index (χ4n) is 2.23. The molecule has 1 N–H and O–H groups in total. The summed E-state index contributed by atoms with van der Waals surface area (Å²) in [5, 5.41) is 4.33. The quantitative estimate of drug-likeness (QED) is 0.519. The van der Waals surface area contributed by atoms with Gasteiger partial charge in [0.25, 0.3) is 0 Å². The van der Waals surface area contributed by atoms with Crippen molar-refractivity contribution in [3.63, 3.8) is 0 Å². The van der Waals surface area contributed by atoms with E-state index in [2.05, 4.69) is 40.5 Å². The number of hydrogen-bond donors (Lipinski definition) is 1. The van der Waals surface area contributed by atoms with Crippen LogP contribution in [0.25, 0.3) is 0 Å². The molecule has 4 heteroatoms. The van der Waals surface area contributed by atoms with Gasteiger partial charge >= 0.3 is 0 Å². The monoisotopic (exact) mass is 294 g/mol. The lowest BCUT2D eigenvalue weighted by Gasteiger charge is -2.23. The zero-order valence-electron chi connectivity index (χ0n) is 11.3. The lowest BCUT2D eigenvalue weighted by Crippen LogP contribution is -2.41. The highest BCUT2D eigenvalue weighted by molar-refractivity contribution is 7.99. The molecule has 0 radical (unpaired) electrons. The van der Waals surface area contributed by atoms with Crippen molar-refractivity contribution < 1.29 is 0 Å². The summed E-state index contributed by atoms with van der Waals surface area (Å²) in [5.41, 5.74) is 0. The van der Waals surface area contributed by atoms with Crippen molar-refractivity contribution in [2.45, 2.75) is 30.6 Å². The normalized spacial score (nSPS) is 15.9. The molecule has 0 saturated carbocycles. The molecule has 0 spiro atoms. The standard InChI is InChI=1S/C15H22N2S2/c18-15(17-11-6-1-2-7-12-17)16-10-13-19-14-8-4-3-5-9-14/h3-5,8-9H,1-2,6-7,10-13H2,(H,16,18). The summed E-state index contributed by atoms with van der Waals surface area (Å²) < 4.78 is 0. The third-order valence-corrected chi connectivity index (χ3v) is 4.70. The number of nitrogens with zero attached hydrogens (tertiary/aromatic N) is 1. The van der Waals surface area contributed by atoms with E-state index in [4.69, 9.17) is 12.2 Å². The second-order valence-electron chi connectivity index (χ2n) is 4.79. The van der Waals surface area contributed by atoms with Gasteiger partial charge in [-0.15, -0.1) is 11.8 Å². The zero-order chi connectivity index (χ0) is 13.3. The lowest BCUT2D eigenvalue weighted by molar-refractivity contribution is 0.428. The molecule has 1 fully saturated rings. The third kappa shape index (κ3) is 5.41. The van der Waals surface area contributed by atoms with Crippen LogP contribution in [0.1, 0.15) is 25.7 Å². The number of likely N-dealkylation sites (tertiary alicyclic amines) is 1. The van der Waals surface area contributed by atoms with Gasteiger partial charge in [-0.3, -0.25) is 0 Å². The number of hydrogen-bond acceptors (Lipinski definition) is 2. The maximum Gasteiger partial charge on any atom is 0.168 e. The van der Waals surface area contributed by atoms with E-state index in [9.17, 15) is 0 Å². The third-order valence-electron chi connectivity index (χ3n) is 3.28. The summed E-state index contributed by atoms with van der Waals surface area (Å²) in [6.07, 6.45) is 5.26. The van der Waals surface area contributed by atoms with Gasteiger partial charge in [0.1, 0.15) is 0 Å². The SMILES string of the molecule is S=C(NCCSc1ccccc1)N1CCCCCC1. The van der Waals surface area contributed by atoms with Crippen LogP contribution in [0.3, 0.4) is 0 Å². The summed E-state index contributed by atoms with van der Waals surface area (Å²) in [6.45, 7) is 3.18. The number of benzene rings is 1. The molecule has 1 aromatic rings. The maximum atomic E-state index is 5.47. The van der Waals surface area contributed by atoms with Gasteiger partial charge < -0.3 is 10.2 Å². The van der Waals surface area contributed by atoms with Crippen molar-refractivity contribution >= 4 is 29.1 Å². The summed E-state index contributed by atoms with van der Waals surface area (Å²) in [4.78, 5) is 3.65. The molecule has 2 nitrogen and oxygen atoms in total. The van der Waals surface area contributed by atoms with Crippen LogP contribution in [0.5, 0.6) is 0 Å². The Morgan fingerprint density at radius 3 is 2.47 bits per heavy atom. The molecular formula is C15H22N2S2. The van der Waals surface area contributed by atoms with Gasteiger partial charge in [-0.25, -0.2) is 0 Å². The topological polar surface area (TPSA) is 15.3 Å². The Kier molecular flexibility index (Phi) is 6.51. The Labute approximate surface area is 126 Å². The second kappa shape index (κ2) is 8.43. The van der Waals surface area contributed by atoms with E-state index < -0.39 is 0 Å². The summed E-state index contributed by atoms with van der Waals surface area (Å²) >= 11 is 7.34. The fraction of sp³-hybridized carbons (Fsp3) is 0.533. The molecule has 0 unspecified atom stereocenters. The Hall–Kier alpha value is -0.740.